The second-order valence-electron chi connectivity index (χ2n) is 3.97. The molecule has 4 nitrogen and oxygen atoms in total. The first-order chi connectivity index (χ1) is 8.93. The normalized spacial score (nSPS) is 11.8. The molecule has 0 aromatic heterocycles. The third-order valence-corrected chi connectivity index (χ3v) is 2.37. The maximum Gasteiger partial charge on any atom is 0.328 e. The fraction of sp³-hybridized carbons (Fsp3) is 0.385. The highest BCUT2D eigenvalue weighted by Crippen LogP contribution is 2.09. The number of nitrogens with one attached hydrogen (secondary N) is 1. The molecule has 1 aromatic carbocycles. The van der Waals surface area contributed by atoms with Gasteiger partial charge in [-0.15, -0.1) is 0 Å². The zero-order valence-corrected chi connectivity index (χ0v) is 10.7. The Kier molecular flexibility index (Phi) is 5.41. The maximum absolute atomic E-state index is 12.9. The van der Waals surface area contributed by atoms with Gasteiger partial charge in [-0.25, -0.2) is 13.6 Å². The molecule has 0 radical (unpaired) electrons. The van der Waals surface area contributed by atoms with E-state index in [9.17, 15) is 18.4 Å². The molecule has 1 amide bonds. The minimum absolute atomic E-state index is 0.138. The Hall–Kier alpha value is -1.98. The fourth-order valence-electron chi connectivity index (χ4n) is 1.45. The van der Waals surface area contributed by atoms with Crippen molar-refractivity contribution in [2.24, 2.45) is 0 Å². The van der Waals surface area contributed by atoms with Crippen LogP contribution >= 0.6 is 0 Å². The van der Waals surface area contributed by atoms with E-state index < -0.39 is 29.6 Å². The first-order valence-electron chi connectivity index (χ1n) is 5.84. The number of carbonyl (C=O) groups excluding carboxylic acids is 2. The van der Waals surface area contributed by atoms with Gasteiger partial charge in [0.1, 0.15) is 6.04 Å². The van der Waals surface area contributed by atoms with Gasteiger partial charge in [-0.1, -0.05) is 6.07 Å². The Morgan fingerprint density at radius 1 is 1.32 bits per heavy atom. The summed E-state index contributed by atoms with van der Waals surface area (Å²) in [6.45, 7) is 3.37. The van der Waals surface area contributed by atoms with E-state index in [0.717, 1.165) is 12.1 Å². The molecule has 0 saturated heterocycles. The van der Waals surface area contributed by atoms with Gasteiger partial charge in [0.2, 0.25) is 5.91 Å². The molecule has 1 rings (SSSR count). The highest BCUT2D eigenvalue weighted by atomic mass is 19.2. The Morgan fingerprint density at radius 2 is 2.00 bits per heavy atom. The van der Waals surface area contributed by atoms with Gasteiger partial charge in [0.15, 0.2) is 11.6 Å². The van der Waals surface area contributed by atoms with Crippen LogP contribution in [0.25, 0.3) is 0 Å². The topological polar surface area (TPSA) is 55.4 Å². The second kappa shape index (κ2) is 6.82. The Balaban J connectivity index is 2.55. The molecule has 1 atom stereocenters. The predicted octanol–water partition coefficient (Wildman–Crippen LogP) is 1.58. The minimum Gasteiger partial charge on any atom is -0.464 e. The Morgan fingerprint density at radius 3 is 2.58 bits per heavy atom. The van der Waals surface area contributed by atoms with Crippen LogP contribution in [0, 0.1) is 11.6 Å². The molecule has 0 saturated carbocycles. The number of amides is 1. The average Bonchev–Trinajstić information content (AvgIpc) is 2.34. The number of halogens is 2. The van der Waals surface area contributed by atoms with Crippen molar-refractivity contribution >= 4 is 11.9 Å². The van der Waals surface area contributed by atoms with E-state index in [2.05, 4.69) is 5.32 Å². The first kappa shape index (κ1) is 15.1. The van der Waals surface area contributed by atoms with Crippen LogP contribution in [0.3, 0.4) is 0 Å². The van der Waals surface area contributed by atoms with Crippen molar-refractivity contribution in [3.8, 4) is 0 Å². The molecule has 1 aromatic rings. The van der Waals surface area contributed by atoms with Crippen molar-refractivity contribution in [3.05, 3.63) is 35.4 Å². The lowest BCUT2D eigenvalue weighted by atomic mass is 10.1. The number of rotatable bonds is 5. The number of esters is 1. The molecule has 104 valence electrons. The fourth-order valence-corrected chi connectivity index (χ4v) is 1.45. The van der Waals surface area contributed by atoms with Gasteiger partial charge < -0.3 is 10.1 Å². The molecule has 0 aliphatic carbocycles. The lowest BCUT2D eigenvalue weighted by molar-refractivity contribution is -0.146. The quantitative estimate of drug-likeness (QED) is 0.827. The molecule has 6 heteroatoms. The molecule has 0 aliphatic rings. The van der Waals surface area contributed by atoms with Gasteiger partial charge >= 0.3 is 5.97 Å². The third kappa shape index (κ3) is 4.65. The van der Waals surface area contributed by atoms with Gasteiger partial charge in [-0.05, 0) is 31.5 Å². The Bertz CT molecular complexity index is 477. The lowest BCUT2D eigenvalue weighted by Crippen LogP contribution is -2.40. The highest BCUT2D eigenvalue weighted by molar-refractivity contribution is 5.85. The van der Waals surface area contributed by atoms with E-state index in [1.165, 1.54) is 13.0 Å². The van der Waals surface area contributed by atoms with Gasteiger partial charge in [0.05, 0.1) is 13.0 Å². The second-order valence-corrected chi connectivity index (χ2v) is 3.97. The zero-order valence-electron chi connectivity index (χ0n) is 10.7. The van der Waals surface area contributed by atoms with Gasteiger partial charge in [-0.3, -0.25) is 4.79 Å². The van der Waals surface area contributed by atoms with E-state index in [4.69, 9.17) is 4.74 Å². The molecule has 19 heavy (non-hydrogen) atoms. The third-order valence-electron chi connectivity index (χ3n) is 2.37. The highest BCUT2D eigenvalue weighted by Gasteiger charge is 2.16. The summed E-state index contributed by atoms with van der Waals surface area (Å²) in [5.41, 5.74) is 0.326. The predicted molar refractivity (Wildman–Crippen MR) is 64.3 cm³/mol. The first-order valence-corrected chi connectivity index (χ1v) is 5.84. The lowest BCUT2D eigenvalue weighted by Gasteiger charge is -2.12. The Labute approximate surface area is 109 Å². The summed E-state index contributed by atoms with van der Waals surface area (Å²) >= 11 is 0. The summed E-state index contributed by atoms with van der Waals surface area (Å²) in [7, 11) is 0. The largest absolute Gasteiger partial charge is 0.464 e. The molecule has 0 heterocycles. The molecule has 0 fully saturated rings. The van der Waals surface area contributed by atoms with Crippen molar-refractivity contribution in [2.45, 2.75) is 26.3 Å². The molecular formula is C13H15F2NO3. The summed E-state index contributed by atoms with van der Waals surface area (Å²) in [6, 6.07) is 2.43. The van der Waals surface area contributed by atoms with Gasteiger partial charge in [0, 0.05) is 0 Å². The number of benzene rings is 1. The molecule has 0 spiro atoms. The summed E-state index contributed by atoms with van der Waals surface area (Å²) < 4.78 is 30.4. The molecule has 0 bridgehead atoms. The standard InChI is InChI=1S/C13H15F2NO3/c1-3-19-13(18)8(2)16-12(17)7-9-4-5-10(14)11(15)6-9/h4-6,8H,3,7H2,1-2H3,(H,16,17). The molecule has 1 unspecified atom stereocenters. The summed E-state index contributed by atoms with van der Waals surface area (Å²) in [5.74, 6) is -2.99. The van der Waals surface area contributed by atoms with Crippen LogP contribution in [-0.4, -0.2) is 24.5 Å². The number of carbonyl (C=O) groups is 2. The van der Waals surface area contributed by atoms with Crippen LogP contribution in [0.15, 0.2) is 18.2 Å². The number of ether oxygens (including phenoxy) is 1. The SMILES string of the molecule is CCOC(=O)C(C)NC(=O)Cc1ccc(F)c(F)c1. The number of hydrogen-bond acceptors (Lipinski definition) is 3. The van der Waals surface area contributed by atoms with E-state index >= 15 is 0 Å². The van der Waals surface area contributed by atoms with E-state index in [1.807, 2.05) is 0 Å². The van der Waals surface area contributed by atoms with E-state index in [1.54, 1.807) is 6.92 Å². The van der Waals surface area contributed by atoms with Crippen LogP contribution in [0.4, 0.5) is 8.78 Å². The average molecular weight is 271 g/mol. The number of hydrogen-bond donors (Lipinski definition) is 1. The van der Waals surface area contributed by atoms with Gasteiger partial charge in [0.25, 0.3) is 0 Å². The van der Waals surface area contributed by atoms with Crippen molar-refractivity contribution in [2.75, 3.05) is 6.61 Å². The van der Waals surface area contributed by atoms with Crippen LogP contribution < -0.4 is 5.32 Å². The molecule has 1 N–H and O–H groups in total. The van der Waals surface area contributed by atoms with E-state index in [0.29, 0.717) is 5.56 Å². The van der Waals surface area contributed by atoms with Crippen molar-refractivity contribution in [1.82, 2.24) is 5.32 Å². The van der Waals surface area contributed by atoms with Crippen LogP contribution in [-0.2, 0) is 20.7 Å². The van der Waals surface area contributed by atoms with Crippen LogP contribution in [0.2, 0.25) is 0 Å². The summed E-state index contributed by atoms with van der Waals surface area (Å²) in [4.78, 5) is 22.9. The van der Waals surface area contributed by atoms with Crippen LogP contribution in [0.5, 0.6) is 0 Å². The summed E-state index contributed by atoms with van der Waals surface area (Å²) in [6.07, 6.45) is -0.138. The van der Waals surface area contributed by atoms with Gasteiger partial charge in [-0.2, -0.15) is 0 Å². The van der Waals surface area contributed by atoms with Crippen molar-refractivity contribution in [1.29, 1.82) is 0 Å². The summed E-state index contributed by atoms with van der Waals surface area (Å²) in [5, 5.41) is 2.42. The molecule has 0 aliphatic heterocycles. The minimum atomic E-state index is -1.01. The van der Waals surface area contributed by atoms with Crippen molar-refractivity contribution < 1.29 is 23.1 Å². The maximum atomic E-state index is 12.9. The van der Waals surface area contributed by atoms with Crippen LogP contribution in [0.1, 0.15) is 19.4 Å². The zero-order chi connectivity index (χ0) is 14.4. The van der Waals surface area contributed by atoms with Crippen molar-refractivity contribution in [3.63, 3.8) is 0 Å². The smallest absolute Gasteiger partial charge is 0.328 e. The van der Waals surface area contributed by atoms with E-state index in [-0.39, 0.29) is 13.0 Å². The molecular weight excluding hydrogens is 256 g/mol. The monoisotopic (exact) mass is 271 g/mol.